The summed E-state index contributed by atoms with van der Waals surface area (Å²) in [5.74, 6) is 0. The molecule has 0 radical (unpaired) electrons. The fourth-order valence-electron chi connectivity index (χ4n) is 0.997. The summed E-state index contributed by atoms with van der Waals surface area (Å²) in [6, 6.07) is 8.02. The van der Waals surface area contributed by atoms with Crippen LogP contribution in [0.15, 0.2) is 24.3 Å². The summed E-state index contributed by atoms with van der Waals surface area (Å²) in [7, 11) is 0. The van der Waals surface area contributed by atoms with E-state index >= 15 is 0 Å². The largest absolute Gasteiger partial charge is 0.302 e. The van der Waals surface area contributed by atoms with Crippen LogP contribution in [-0.4, -0.2) is 11.7 Å². The number of rotatable bonds is 3. The number of hydrogen-bond donors (Lipinski definition) is 0. The number of carbonyl (C=O) groups excluding carboxylic acids is 1. The van der Waals surface area contributed by atoms with Crippen molar-refractivity contribution >= 4 is 17.9 Å². The van der Waals surface area contributed by atoms with E-state index < -0.39 is 5.38 Å². The predicted molar refractivity (Wildman–Crippen MR) is 50.6 cm³/mol. The van der Waals surface area contributed by atoms with Gasteiger partial charge >= 0.3 is 0 Å². The Morgan fingerprint density at radius 2 is 2.00 bits per heavy atom. The molecule has 0 saturated carbocycles. The van der Waals surface area contributed by atoms with E-state index in [0.717, 1.165) is 11.8 Å². The molecular formula is C10H11ClO. The second-order valence-corrected chi connectivity index (χ2v) is 3.40. The number of halogens is 1. The molecule has 1 aromatic rings. The fourth-order valence-corrected chi connectivity index (χ4v) is 1.18. The van der Waals surface area contributed by atoms with Gasteiger partial charge in [0, 0.05) is 0 Å². The van der Waals surface area contributed by atoms with Crippen LogP contribution in [0.25, 0.3) is 0 Å². The molecule has 0 spiro atoms. The Balaban J connectivity index is 2.64. The number of aryl methyl sites for hydroxylation is 1. The van der Waals surface area contributed by atoms with Gasteiger partial charge in [-0.2, -0.15) is 0 Å². The summed E-state index contributed by atoms with van der Waals surface area (Å²) < 4.78 is 0. The molecule has 0 heterocycles. The normalized spacial score (nSPS) is 12.5. The molecule has 0 bridgehead atoms. The van der Waals surface area contributed by atoms with Crippen molar-refractivity contribution in [3.05, 3.63) is 35.4 Å². The molecule has 1 nitrogen and oxygen atoms in total. The Morgan fingerprint density at radius 3 is 2.50 bits per heavy atom. The Morgan fingerprint density at radius 1 is 1.42 bits per heavy atom. The zero-order valence-corrected chi connectivity index (χ0v) is 7.71. The average Bonchev–Trinajstić information content (AvgIpc) is 2.09. The van der Waals surface area contributed by atoms with Crippen molar-refractivity contribution in [1.29, 1.82) is 0 Å². The molecule has 12 heavy (non-hydrogen) atoms. The summed E-state index contributed by atoms with van der Waals surface area (Å²) in [4.78, 5) is 10.2. The summed E-state index contributed by atoms with van der Waals surface area (Å²) >= 11 is 5.67. The highest BCUT2D eigenvalue weighted by Crippen LogP contribution is 2.07. The minimum atomic E-state index is -0.396. The maximum atomic E-state index is 10.2. The monoisotopic (exact) mass is 182 g/mol. The van der Waals surface area contributed by atoms with Crippen LogP contribution in [0.1, 0.15) is 11.1 Å². The summed E-state index contributed by atoms with van der Waals surface area (Å²) in [5, 5.41) is -0.396. The standard InChI is InChI=1S/C10H11ClO/c1-8-2-4-9(5-3-8)6-10(11)7-12/h2-5,7,10H,6H2,1H3. The maximum absolute atomic E-state index is 10.2. The lowest BCUT2D eigenvalue weighted by Gasteiger charge is -2.01. The first-order valence-corrected chi connectivity index (χ1v) is 4.31. The van der Waals surface area contributed by atoms with Crippen LogP contribution in [0.3, 0.4) is 0 Å². The summed E-state index contributed by atoms with van der Waals surface area (Å²) in [6.07, 6.45) is 1.38. The number of hydrogen-bond acceptors (Lipinski definition) is 1. The molecule has 0 saturated heterocycles. The van der Waals surface area contributed by atoms with Gasteiger partial charge in [-0.25, -0.2) is 0 Å². The van der Waals surface area contributed by atoms with Gasteiger partial charge < -0.3 is 4.79 Å². The molecule has 0 amide bonds. The Labute approximate surface area is 77.4 Å². The smallest absolute Gasteiger partial charge is 0.138 e. The van der Waals surface area contributed by atoms with Crippen LogP contribution in [0.2, 0.25) is 0 Å². The molecule has 2 heteroatoms. The van der Waals surface area contributed by atoms with E-state index in [1.54, 1.807) is 0 Å². The first-order chi connectivity index (χ1) is 5.72. The summed E-state index contributed by atoms with van der Waals surface area (Å²) in [5.41, 5.74) is 2.32. The van der Waals surface area contributed by atoms with Gasteiger partial charge in [-0.1, -0.05) is 29.8 Å². The van der Waals surface area contributed by atoms with E-state index in [9.17, 15) is 4.79 Å². The van der Waals surface area contributed by atoms with E-state index in [1.165, 1.54) is 5.56 Å². The number of alkyl halides is 1. The summed E-state index contributed by atoms with van der Waals surface area (Å²) in [6.45, 7) is 2.03. The first-order valence-electron chi connectivity index (χ1n) is 3.87. The second-order valence-electron chi connectivity index (χ2n) is 2.84. The van der Waals surface area contributed by atoms with Crippen molar-refractivity contribution < 1.29 is 4.79 Å². The highest BCUT2D eigenvalue weighted by atomic mass is 35.5. The zero-order valence-electron chi connectivity index (χ0n) is 6.96. The number of aldehydes is 1. The van der Waals surface area contributed by atoms with E-state index in [1.807, 2.05) is 31.2 Å². The number of carbonyl (C=O) groups is 1. The molecule has 1 unspecified atom stereocenters. The molecule has 0 fully saturated rings. The van der Waals surface area contributed by atoms with Crippen molar-refractivity contribution in [1.82, 2.24) is 0 Å². The van der Waals surface area contributed by atoms with Crippen molar-refractivity contribution in [2.45, 2.75) is 18.7 Å². The molecule has 64 valence electrons. The zero-order chi connectivity index (χ0) is 8.97. The van der Waals surface area contributed by atoms with Crippen molar-refractivity contribution in [3.63, 3.8) is 0 Å². The van der Waals surface area contributed by atoms with Gasteiger partial charge in [0.25, 0.3) is 0 Å². The molecule has 0 aliphatic rings. The van der Waals surface area contributed by atoms with Crippen LogP contribution < -0.4 is 0 Å². The quantitative estimate of drug-likeness (QED) is 0.518. The third kappa shape index (κ3) is 2.67. The molecular weight excluding hydrogens is 172 g/mol. The topological polar surface area (TPSA) is 17.1 Å². The van der Waals surface area contributed by atoms with Gasteiger partial charge in [-0.15, -0.1) is 11.6 Å². The minimum absolute atomic E-state index is 0.396. The lowest BCUT2D eigenvalue weighted by molar-refractivity contribution is -0.107. The van der Waals surface area contributed by atoms with Crippen LogP contribution in [0, 0.1) is 6.92 Å². The SMILES string of the molecule is Cc1ccc(CC(Cl)C=O)cc1. The van der Waals surface area contributed by atoms with Crippen LogP contribution in [0.5, 0.6) is 0 Å². The fraction of sp³-hybridized carbons (Fsp3) is 0.300. The number of benzene rings is 1. The molecule has 0 aromatic heterocycles. The Kier molecular flexibility index (Phi) is 3.30. The van der Waals surface area contributed by atoms with Gasteiger partial charge in [-0.3, -0.25) is 0 Å². The molecule has 0 aliphatic heterocycles. The van der Waals surface area contributed by atoms with Gasteiger partial charge in [0.15, 0.2) is 0 Å². The minimum Gasteiger partial charge on any atom is -0.302 e. The van der Waals surface area contributed by atoms with Crippen molar-refractivity contribution in [2.24, 2.45) is 0 Å². The molecule has 1 aromatic carbocycles. The molecule has 1 atom stereocenters. The van der Waals surface area contributed by atoms with Crippen LogP contribution >= 0.6 is 11.6 Å². The Bertz CT molecular complexity index is 253. The van der Waals surface area contributed by atoms with Gasteiger partial charge in [0.1, 0.15) is 6.29 Å². The van der Waals surface area contributed by atoms with Crippen LogP contribution in [0.4, 0.5) is 0 Å². The maximum Gasteiger partial charge on any atom is 0.138 e. The second kappa shape index (κ2) is 4.27. The van der Waals surface area contributed by atoms with Crippen molar-refractivity contribution in [3.8, 4) is 0 Å². The van der Waals surface area contributed by atoms with Crippen LogP contribution in [-0.2, 0) is 11.2 Å². The predicted octanol–water partition coefficient (Wildman–Crippen LogP) is 2.34. The molecule has 0 aliphatic carbocycles. The van der Waals surface area contributed by atoms with Gasteiger partial charge in [-0.05, 0) is 18.9 Å². The lowest BCUT2D eigenvalue weighted by atomic mass is 10.1. The van der Waals surface area contributed by atoms with Gasteiger partial charge in [0.2, 0.25) is 0 Å². The Hall–Kier alpha value is -0.820. The highest BCUT2D eigenvalue weighted by molar-refractivity contribution is 6.27. The average molecular weight is 183 g/mol. The van der Waals surface area contributed by atoms with E-state index in [-0.39, 0.29) is 0 Å². The van der Waals surface area contributed by atoms with E-state index in [0.29, 0.717) is 6.42 Å². The third-order valence-electron chi connectivity index (χ3n) is 1.70. The van der Waals surface area contributed by atoms with Crippen molar-refractivity contribution in [2.75, 3.05) is 0 Å². The van der Waals surface area contributed by atoms with E-state index in [2.05, 4.69) is 0 Å². The molecule has 0 N–H and O–H groups in total. The molecule has 1 rings (SSSR count). The lowest BCUT2D eigenvalue weighted by Crippen LogP contribution is -2.03. The van der Waals surface area contributed by atoms with Gasteiger partial charge in [0.05, 0.1) is 5.38 Å². The first kappa shape index (κ1) is 9.27. The highest BCUT2D eigenvalue weighted by Gasteiger charge is 2.02. The third-order valence-corrected chi connectivity index (χ3v) is 1.96. The van der Waals surface area contributed by atoms with E-state index in [4.69, 9.17) is 11.6 Å².